The second-order valence-electron chi connectivity index (χ2n) is 5.65. The Morgan fingerprint density at radius 1 is 1.10 bits per heavy atom. The fourth-order valence-electron chi connectivity index (χ4n) is 2.72. The summed E-state index contributed by atoms with van der Waals surface area (Å²) in [7, 11) is 0. The first-order valence-electron chi connectivity index (χ1n) is 7.43. The van der Waals surface area contributed by atoms with Gasteiger partial charge in [0.05, 0.1) is 11.0 Å². The highest BCUT2D eigenvalue weighted by Gasteiger charge is 2.12. The van der Waals surface area contributed by atoms with Gasteiger partial charge in [-0.25, -0.2) is 4.98 Å². The summed E-state index contributed by atoms with van der Waals surface area (Å²) in [5.41, 5.74) is 12.5. The summed E-state index contributed by atoms with van der Waals surface area (Å²) >= 11 is 0. The van der Waals surface area contributed by atoms with Crippen molar-refractivity contribution in [3.8, 4) is 11.4 Å². The summed E-state index contributed by atoms with van der Waals surface area (Å²) in [4.78, 5) is 4.86. The van der Waals surface area contributed by atoms with Crippen molar-refractivity contribution in [2.45, 2.75) is 33.7 Å². The van der Waals surface area contributed by atoms with E-state index in [2.05, 4.69) is 48.7 Å². The van der Waals surface area contributed by atoms with Crippen molar-refractivity contribution in [3.05, 3.63) is 47.5 Å². The van der Waals surface area contributed by atoms with Crippen molar-refractivity contribution >= 4 is 16.7 Å². The predicted octanol–water partition coefficient (Wildman–Crippen LogP) is 4.31. The van der Waals surface area contributed by atoms with E-state index in [4.69, 9.17) is 10.7 Å². The van der Waals surface area contributed by atoms with Crippen molar-refractivity contribution in [1.82, 2.24) is 9.55 Å². The van der Waals surface area contributed by atoms with Gasteiger partial charge in [0.25, 0.3) is 0 Å². The molecule has 0 spiro atoms. The van der Waals surface area contributed by atoms with Gasteiger partial charge < -0.3 is 10.3 Å². The summed E-state index contributed by atoms with van der Waals surface area (Å²) in [6, 6.07) is 12.6. The Labute approximate surface area is 125 Å². The van der Waals surface area contributed by atoms with Crippen LogP contribution in [-0.4, -0.2) is 9.55 Å². The topological polar surface area (TPSA) is 43.8 Å². The summed E-state index contributed by atoms with van der Waals surface area (Å²) in [5.74, 6) is 1.03. The van der Waals surface area contributed by atoms with Crippen LogP contribution in [-0.2, 0) is 6.54 Å². The number of aromatic nitrogens is 2. The number of aryl methyl sites for hydroxylation is 3. The Bertz CT molecular complexity index is 800. The van der Waals surface area contributed by atoms with Crippen molar-refractivity contribution in [3.63, 3.8) is 0 Å². The van der Waals surface area contributed by atoms with Gasteiger partial charge in [-0.3, -0.25) is 0 Å². The van der Waals surface area contributed by atoms with Gasteiger partial charge in [0.2, 0.25) is 0 Å². The van der Waals surface area contributed by atoms with Gasteiger partial charge in [-0.15, -0.1) is 0 Å². The molecule has 3 nitrogen and oxygen atoms in total. The van der Waals surface area contributed by atoms with Gasteiger partial charge in [0.15, 0.2) is 0 Å². The van der Waals surface area contributed by atoms with Gasteiger partial charge in [-0.1, -0.05) is 13.0 Å². The van der Waals surface area contributed by atoms with Crippen molar-refractivity contribution in [1.29, 1.82) is 0 Å². The molecule has 21 heavy (non-hydrogen) atoms. The second-order valence-corrected chi connectivity index (χ2v) is 5.65. The van der Waals surface area contributed by atoms with Gasteiger partial charge >= 0.3 is 0 Å². The molecule has 3 rings (SSSR count). The van der Waals surface area contributed by atoms with E-state index in [0.717, 1.165) is 41.1 Å². The molecule has 0 saturated carbocycles. The van der Waals surface area contributed by atoms with Crippen molar-refractivity contribution < 1.29 is 0 Å². The Morgan fingerprint density at radius 3 is 2.62 bits per heavy atom. The Hall–Kier alpha value is -2.29. The first-order valence-corrected chi connectivity index (χ1v) is 7.43. The van der Waals surface area contributed by atoms with Crippen LogP contribution in [0.5, 0.6) is 0 Å². The summed E-state index contributed by atoms with van der Waals surface area (Å²) < 4.78 is 2.31. The molecule has 0 saturated heterocycles. The number of nitrogens with two attached hydrogens (primary N) is 1. The molecule has 0 bridgehead atoms. The molecule has 1 aromatic heterocycles. The molecule has 0 atom stereocenters. The number of rotatable bonds is 3. The third-order valence-corrected chi connectivity index (χ3v) is 3.88. The van der Waals surface area contributed by atoms with Crippen LogP contribution in [0, 0.1) is 13.8 Å². The monoisotopic (exact) mass is 279 g/mol. The van der Waals surface area contributed by atoms with Gasteiger partial charge in [-0.2, -0.15) is 0 Å². The summed E-state index contributed by atoms with van der Waals surface area (Å²) in [6.45, 7) is 7.30. The lowest BCUT2D eigenvalue weighted by Crippen LogP contribution is -2.00. The van der Waals surface area contributed by atoms with E-state index in [1.807, 2.05) is 13.0 Å². The minimum absolute atomic E-state index is 0.827. The number of hydrogen-bond acceptors (Lipinski definition) is 2. The van der Waals surface area contributed by atoms with Crippen LogP contribution in [0.2, 0.25) is 0 Å². The first-order chi connectivity index (χ1) is 10.1. The summed E-state index contributed by atoms with van der Waals surface area (Å²) in [5, 5.41) is 0. The second kappa shape index (κ2) is 5.24. The van der Waals surface area contributed by atoms with E-state index < -0.39 is 0 Å². The lowest BCUT2D eigenvalue weighted by Gasteiger charge is -2.09. The van der Waals surface area contributed by atoms with Crippen LogP contribution in [0.4, 0.5) is 5.69 Å². The minimum atomic E-state index is 0.827. The Balaban J connectivity index is 2.24. The van der Waals surface area contributed by atoms with Crippen LogP contribution in [0.25, 0.3) is 22.4 Å². The minimum Gasteiger partial charge on any atom is -0.399 e. The lowest BCUT2D eigenvalue weighted by atomic mass is 10.1. The maximum Gasteiger partial charge on any atom is 0.141 e. The average molecular weight is 279 g/mol. The molecule has 3 aromatic rings. The van der Waals surface area contributed by atoms with Gasteiger partial charge in [0.1, 0.15) is 5.82 Å². The molecular weight excluding hydrogens is 258 g/mol. The van der Waals surface area contributed by atoms with E-state index in [1.54, 1.807) is 0 Å². The van der Waals surface area contributed by atoms with Crippen molar-refractivity contribution in [2.24, 2.45) is 0 Å². The highest BCUT2D eigenvalue weighted by Crippen LogP contribution is 2.27. The fraction of sp³-hybridized carbons (Fsp3) is 0.278. The number of nitrogens with zero attached hydrogens (tertiary/aromatic N) is 2. The molecule has 2 aromatic carbocycles. The van der Waals surface area contributed by atoms with Crippen LogP contribution < -0.4 is 5.73 Å². The third-order valence-electron chi connectivity index (χ3n) is 3.88. The fourth-order valence-corrected chi connectivity index (χ4v) is 2.72. The van der Waals surface area contributed by atoms with Gasteiger partial charge in [0, 0.05) is 17.8 Å². The molecular formula is C18H21N3. The normalized spacial score (nSPS) is 11.2. The molecule has 2 N–H and O–H groups in total. The molecule has 0 aliphatic rings. The lowest BCUT2D eigenvalue weighted by molar-refractivity contribution is 0.704. The number of anilines is 1. The van der Waals surface area contributed by atoms with E-state index in [0.29, 0.717) is 0 Å². The highest BCUT2D eigenvalue weighted by molar-refractivity contribution is 5.81. The van der Waals surface area contributed by atoms with Crippen LogP contribution in [0.15, 0.2) is 36.4 Å². The van der Waals surface area contributed by atoms with Crippen LogP contribution in [0.3, 0.4) is 0 Å². The zero-order valence-electron chi connectivity index (χ0n) is 12.9. The number of nitrogen functional groups attached to an aromatic ring is 1. The van der Waals surface area contributed by atoms with E-state index in [1.165, 1.54) is 11.1 Å². The Morgan fingerprint density at radius 2 is 1.90 bits per heavy atom. The zero-order valence-corrected chi connectivity index (χ0v) is 12.9. The van der Waals surface area contributed by atoms with E-state index in [-0.39, 0.29) is 0 Å². The van der Waals surface area contributed by atoms with Crippen LogP contribution >= 0.6 is 0 Å². The Kier molecular flexibility index (Phi) is 3.42. The third kappa shape index (κ3) is 2.40. The molecule has 108 valence electrons. The first kappa shape index (κ1) is 13.7. The smallest absolute Gasteiger partial charge is 0.141 e. The molecule has 0 amide bonds. The maximum atomic E-state index is 5.93. The predicted molar refractivity (Wildman–Crippen MR) is 89.3 cm³/mol. The number of benzene rings is 2. The molecule has 0 aliphatic heterocycles. The maximum absolute atomic E-state index is 5.93. The SMILES string of the molecule is CCCn1c(-c2ccc(N)c(C)c2)nc2cc(C)ccc21. The number of fused-ring (bicyclic) bond motifs is 1. The van der Waals surface area contributed by atoms with Crippen molar-refractivity contribution in [2.75, 3.05) is 5.73 Å². The molecule has 0 unspecified atom stereocenters. The highest BCUT2D eigenvalue weighted by atomic mass is 15.1. The van der Waals surface area contributed by atoms with E-state index in [9.17, 15) is 0 Å². The number of imidazole rings is 1. The van der Waals surface area contributed by atoms with Gasteiger partial charge in [-0.05, 0) is 61.7 Å². The zero-order chi connectivity index (χ0) is 15.0. The largest absolute Gasteiger partial charge is 0.399 e. The molecule has 0 fully saturated rings. The standard InChI is InChI=1S/C18H21N3/c1-4-9-21-17-8-5-12(2)10-16(17)20-18(21)14-6-7-15(19)13(3)11-14/h5-8,10-11H,4,9,19H2,1-3H3. The quantitative estimate of drug-likeness (QED) is 0.726. The average Bonchev–Trinajstić information content (AvgIpc) is 2.80. The molecule has 3 heteroatoms. The molecule has 0 radical (unpaired) electrons. The molecule has 0 aliphatic carbocycles. The number of hydrogen-bond donors (Lipinski definition) is 1. The van der Waals surface area contributed by atoms with Crippen LogP contribution in [0.1, 0.15) is 24.5 Å². The van der Waals surface area contributed by atoms with E-state index >= 15 is 0 Å². The summed E-state index contributed by atoms with van der Waals surface area (Å²) in [6.07, 6.45) is 1.08. The molecule has 1 heterocycles.